The van der Waals surface area contributed by atoms with Crippen LogP contribution in [0.3, 0.4) is 0 Å². The van der Waals surface area contributed by atoms with Gasteiger partial charge in [-0.2, -0.15) is 18.2 Å². The number of aromatic nitrogens is 4. The second-order valence-electron chi connectivity index (χ2n) is 5.24. The van der Waals surface area contributed by atoms with Gasteiger partial charge in [-0.1, -0.05) is 0 Å². The van der Waals surface area contributed by atoms with Crippen molar-refractivity contribution in [1.29, 1.82) is 0 Å². The van der Waals surface area contributed by atoms with Crippen molar-refractivity contribution >= 4 is 17.7 Å². The van der Waals surface area contributed by atoms with Crippen molar-refractivity contribution < 1.29 is 27.5 Å². The largest absolute Gasteiger partial charge is 0.456 e. The number of likely N-dealkylation sites (N-methyl/N-ethyl adjacent to an activating group) is 1. The van der Waals surface area contributed by atoms with E-state index in [1.54, 1.807) is 13.8 Å². The molecule has 1 amide bonds. The summed E-state index contributed by atoms with van der Waals surface area (Å²) in [5.41, 5.74) is 1.43. The molecule has 0 spiro atoms. The van der Waals surface area contributed by atoms with Gasteiger partial charge in [-0.15, -0.1) is 5.10 Å². The predicted molar refractivity (Wildman–Crippen MR) is 78.6 cm³/mol. The summed E-state index contributed by atoms with van der Waals surface area (Å²) >= 11 is 0. The molecule has 2 rings (SSSR count). The van der Waals surface area contributed by atoms with Crippen LogP contribution in [-0.4, -0.2) is 45.1 Å². The fourth-order valence-electron chi connectivity index (χ4n) is 2.21. The molecule has 0 unspecified atom stereocenters. The highest BCUT2D eigenvalue weighted by molar-refractivity contribution is 5.80. The minimum Gasteiger partial charge on any atom is -0.456 e. The first kappa shape index (κ1) is 18.6. The van der Waals surface area contributed by atoms with E-state index in [4.69, 9.17) is 4.74 Å². The normalized spacial score (nSPS) is 11.6. The van der Waals surface area contributed by atoms with Crippen LogP contribution >= 0.6 is 0 Å². The molecule has 0 radical (unpaired) electrons. The number of nitrogens with one attached hydrogen (secondary N) is 1. The Morgan fingerprint density at radius 2 is 1.92 bits per heavy atom. The summed E-state index contributed by atoms with van der Waals surface area (Å²) in [5.74, 6) is -2.47. The van der Waals surface area contributed by atoms with E-state index in [-0.39, 0.29) is 25.2 Å². The van der Waals surface area contributed by atoms with E-state index in [0.717, 1.165) is 4.52 Å². The van der Waals surface area contributed by atoms with Gasteiger partial charge in [0.1, 0.15) is 0 Å². The molecule has 2 heterocycles. The van der Waals surface area contributed by atoms with Gasteiger partial charge >= 0.3 is 12.1 Å². The summed E-state index contributed by atoms with van der Waals surface area (Å²) in [4.78, 5) is 30.1. The maximum absolute atomic E-state index is 12.7. The lowest BCUT2D eigenvalue weighted by Gasteiger charge is -2.10. The van der Waals surface area contributed by atoms with Gasteiger partial charge in [0.15, 0.2) is 6.61 Å². The molecular formula is C14H16F3N5O3. The second kappa shape index (κ2) is 7.03. The van der Waals surface area contributed by atoms with Crippen LogP contribution in [0.2, 0.25) is 0 Å². The number of fused-ring (bicyclic) bond motifs is 1. The summed E-state index contributed by atoms with van der Waals surface area (Å²) in [6.45, 7) is 2.80. The molecule has 1 N–H and O–H groups in total. The van der Waals surface area contributed by atoms with Gasteiger partial charge in [0.05, 0.1) is 0 Å². The molecule has 0 saturated heterocycles. The summed E-state index contributed by atoms with van der Waals surface area (Å²) in [7, 11) is 1.41. The maximum atomic E-state index is 12.7. The Morgan fingerprint density at radius 1 is 1.24 bits per heavy atom. The minimum atomic E-state index is -4.67. The van der Waals surface area contributed by atoms with Crippen molar-refractivity contribution in [2.75, 3.05) is 13.7 Å². The molecule has 2 aromatic rings. The zero-order valence-corrected chi connectivity index (χ0v) is 13.8. The molecular weight excluding hydrogens is 343 g/mol. The van der Waals surface area contributed by atoms with Crippen molar-refractivity contribution in [3.8, 4) is 0 Å². The first-order chi connectivity index (χ1) is 11.6. The third kappa shape index (κ3) is 4.22. The molecule has 0 atom stereocenters. The van der Waals surface area contributed by atoms with Gasteiger partial charge in [0.25, 0.3) is 17.5 Å². The highest BCUT2D eigenvalue weighted by Gasteiger charge is 2.36. The Morgan fingerprint density at radius 3 is 2.52 bits per heavy atom. The lowest BCUT2D eigenvalue weighted by atomic mass is 10.1. The molecule has 0 aliphatic carbocycles. The molecule has 0 aliphatic rings. The molecule has 0 bridgehead atoms. The average Bonchev–Trinajstić information content (AvgIpc) is 2.96. The number of carbonyl (C=O) groups excluding carboxylic acids is 2. The smallest absolute Gasteiger partial charge is 0.453 e. The fraction of sp³-hybridized carbons (Fsp3) is 0.500. The SMILES string of the molecule is CNC(=O)COC(=O)CCc1c(C)nc2nc(C(F)(F)F)nn2c1C. The van der Waals surface area contributed by atoms with Crippen molar-refractivity contribution in [2.24, 2.45) is 0 Å². The highest BCUT2D eigenvalue weighted by Crippen LogP contribution is 2.27. The number of esters is 1. The maximum Gasteiger partial charge on any atom is 0.453 e. The van der Waals surface area contributed by atoms with Gasteiger partial charge < -0.3 is 10.1 Å². The Labute approximate surface area is 140 Å². The van der Waals surface area contributed by atoms with Crippen molar-refractivity contribution in [2.45, 2.75) is 32.9 Å². The predicted octanol–water partition coefficient (Wildman–Crippen LogP) is 0.982. The molecule has 2 aromatic heterocycles. The van der Waals surface area contributed by atoms with E-state index < -0.39 is 23.9 Å². The van der Waals surface area contributed by atoms with Crippen LogP contribution in [0.1, 0.15) is 29.2 Å². The number of alkyl halides is 3. The third-order valence-corrected chi connectivity index (χ3v) is 3.52. The van der Waals surface area contributed by atoms with Crippen LogP contribution in [0.15, 0.2) is 0 Å². The Balaban J connectivity index is 2.18. The standard InChI is InChI=1S/C14H16F3N5O3/c1-7-9(4-5-11(24)25-6-10(23)18-3)8(2)22-13(19-7)20-12(21-22)14(15,16)17/h4-6H2,1-3H3,(H,18,23). The zero-order valence-electron chi connectivity index (χ0n) is 13.8. The van der Waals surface area contributed by atoms with Crippen LogP contribution in [0.5, 0.6) is 0 Å². The van der Waals surface area contributed by atoms with Gasteiger partial charge in [0.2, 0.25) is 0 Å². The molecule has 0 aromatic carbocycles. The zero-order chi connectivity index (χ0) is 18.8. The molecule has 0 aliphatic heterocycles. The number of hydrogen-bond donors (Lipinski definition) is 1. The summed E-state index contributed by atoms with van der Waals surface area (Å²) < 4.78 is 44.0. The van der Waals surface area contributed by atoms with Gasteiger partial charge in [0, 0.05) is 24.9 Å². The number of halogens is 3. The van der Waals surface area contributed by atoms with Crippen molar-refractivity contribution in [3.63, 3.8) is 0 Å². The van der Waals surface area contributed by atoms with E-state index in [9.17, 15) is 22.8 Å². The van der Waals surface area contributed by atoms with E-state index >= 15 is 0 Å². The second-order valence-corrected chi connectivity index (χ2v) is 5.24. The fourth-order valence-corrected chi connectivity index (χ4v) is 2.21. The number of ether oxygens (including phenoxy) is 1. The lowest BCUT2D eigenvalue weighted by molar-refractivity contribution is -0.148. The van der Waals surface area contributed by atoms with Crippen LogP contribution in [0.25, 0.3) is 5.78 Å². The van der Waals surface area contributed by atoms with E-state index in [1.165, 1.54) is 7.05 Å². The van der Waals surface area contributed by atoms with Crippen LogP contribution in [0.4, 0.5) is 13.2 Å². The van der Waals surface area contributed by atoms with Gasteiger partial charge in [-0.25, -0.2) is 9.50 Å². The van der Waals surface area contributed by atoms with Crippen LogP contribution in [0, 0.1) is 13.8 Å². The first-order valence-corrected chi connectivity index (χ1v) is 7.29. The molecule has 136 valence electrons. The van der Waals surface area contributed by atoms with Crippen molar-refractivity contribution in [1.82, 2.24) is 24.9 Å². The molecule has 0 fully saturated rings. The quantitative estimate of drug-likeness (QED) is 0.799. The van der Waals surface area contributed by atoms with Gasteiger partial charge in [-0.05, 0) is 25.8 Å². The molecule has 25 heavy (non-hydrogen) atoms. The highest BCUT2D eigenvalue weighted by atomic mass is 19.4. The number of hydrogen-bond acceptors (Lipinski definition) is 6. The van der Waals surface area contributed by atoms with Gasteiger partial charge in [-0.3, -0.25) is 9.59 Å². The van der Waals surface area contributed by atoms with E-state index in [0.29, 0.717) is 17.0 Å². The van der Waals surface area contributed by atoms with Crippen LogP contribution < -0.4 is 5.32 Å². The Hall–Kier alpha value is -2.72. The number of aryl methyl sites for hydroxylation is 2. The number of rotatable bonds is 5. The topological polar surface area (TPSA) is 98.5 Å². The van der Waals surface area contributed by atoms with Crippen molar-refractivity contribution in [3.05, 3.63) is 22.8 Å². The monoisotopic (exact) mass is 359 g/mol. The summed E-state index contributed by atoms with van der Waals surface area (Å²) in [6, 6.07) is 0. The molecule has 0 saturated carbocycles. The van der Waals surface area contributed by atoms with E-state index in [2.05, 4.69) is 20.4 Å². The minimum absolute atomic E-state index is 0.0489. The summed E-state index contributed by atoms with van der Waals surface area (Å²) in [5, 5.41) is 5.74. The Bertz CT molecular complexity index is 816. The first-order valence-electron chi connectivity index (χ1n) is 7.29. The number of amides is 1. The Kier molecular flexibility index (Phi) is 5.24. The third-order valence-electron chi connectivity index (χ3n) is 3.52. The number of nitrogens with zero attached hydrogens (tertiary/aromatic N) is 4. The van der Waals surface area contributed by atoms with E-state index in [1.807, 2.05) is 0 Å². The van der Waals surface area contributed by atoms with Crippen LogP contribution in [-0.2, 0) is 26.9 Å². The molecule has 11 heteroatoms. The number of carbonyl (C=O) groups is 2. The average molecular weight is 359 g/mol. The molecule has 8 nitrogen and oxygen atoms in total. The summed E-state index contributed by atoms with van der Waals surface area (Å²) in [6.07, 6.45) is -4.53. The lowest BCUT2D eigenvalue weighted by Crippen LogP contribution is -2.25.